The second-order valence-corrected chi connectivity index (χ2v) is 5.28. The van der Waals surface area contributed by atoms with Gasteiger partial charge in [-0.3, -0.25) is 5.73 Å². The van der Waals surface area contributed by atoms with E-state index in [0.29, 0.717) is 5.82 Å². The van der Waals surface area contributed by atoms with Crippen LogP contribution in [0.3, 0.4) is 0 Å². The van der Waals surface area contributed by atoms with Crippen LogP contribution in [0.2, 0.25) is 0 Å². The number of pyridine rings is 3. The smallest absolute Gasteiger partial charge is 0.543 e. The fraction of sp³-hybridized carbons (Fsp3) is 0. The van der Waals surface area contributed by atoms with E-state index in [2.05, 4.69) is 15.0 Å². The quantitative estimate of drug-likeness (QED) is 0.351. The SMILES string of the molecule is Nc1cccc[nH+]1.O=C([O-])c1cccc(C(=O)[O-])n1.O=C([O-])c1cccc(C(=O)[O-])n1.[Fe+3]. The number of nitrogens with one attached hydrogen (secondary N) is 1. The molecule has 3 rings (SSSR count). The molecule has 12 nitrogen and oxygen atoms in total. The van der Waals surface area contributed by atoms with E-state index >= 15 is 0 Å². The third kappa shape index (κ3) is 9.91. The molecule has 0 aliphatic carbocycles. The molecule has 13 heteroatoms. The molecule has 1 radical (unpaired) electrons. The van der Waals surface area contributed by atoms with Crippen LogP contribution in [0, 0.1) is 0 Å². The Morgan fingerprint density at radius 3 is 1.16 bits per heavy atom. The number of carbonyl (C=O) groups is 4. The largest absolute Gasteiger partial charge is 3.00 e. The molecule has 3 heterocycles. The normalized spacial score (nSPS) is 8.88. The minimum atomic E-state index is -1.52. The van der Waals surface area contributed by atoms with Crippen LogP contribution in [0.1, 0.15) is 42.0 Å². The van der Waals surface area contributed by atoms with E-state index in [-0.39, 0.29) is 17.1 Å². The Labute approximate surface area is 190 Å². The van der Waals surface area contributed by atoms with Gasteiger partial charge in [0, 0.05) is 6.07 Å². The summed E-state index contributed by atoms with van der Waals surface area (Å²) in [5, 5.41) is 40.8. The fourth-order valence-electron chi connectivity index (χ4n) is 1.73. The van der Waals surface area contributed by atoms with E-state index in [1.807, 2.05) is 12.1 Å². The fourth-order valence-corrected chi connectivity index (χ4v) is 1.73. The minimum absolute atomic E-state index is 0. The predicted molar refractivity (Wildman–Crippen MR) is 93.2 cm³/mol. The molecule has 0 aromatic carbocycles. The summed E-state index contributed by atoms with van der Waals surface area (Å²) in [4.78, 5) is 50.1. The van der Waals surface area contributed by atoms with Crippen LogP contribution in [-0.4, -0.2) is 33.8 Å². The Balaban J connectivity index is 0.000000459. The molecule has 0 unspecified atom stereocenters. The van der Waals surface area contributed by atoms with Crippen molar-refractivity contribution in [1.29, 1.82) is 0 Å². The second kappa shape index (κ2) is 13.8. The van der Waals surface area contributed by atoms with Crippen molar-refractivity contribution in [3.05, 3.63) is 83.6 Å². The first-order chi connectivity index (χ1) is 14.6. The van der Waals surface area contributed by atoms with Gasteiger partial charge in [0.1, 0.15) is 0 Å². The molecule has 0 amide bonds. The molecule has 3 N–H and O–H groups in total. The third-order valence-corrected chi connectivity index (χ3v) is 3.07. The maximum absolute atomic E-state index is 10.2. The predicted octanol–water partition coefficient (Wildman–Crippen LogP) is -4.30. The number of carboxylic acid groups (broad SMARTS) is 4. The average molecular weight is 481 g/mol. The Morgan fingerprint density at radius 2 is 0.969 bits per heavy atom. The molecule has 3 aromatic heterocycles. The van der Waals surface area contributed by atoms with Crippen molar-refractivity contribution in [1.82, 2.24) is 9.97 Å². The molecular weight excluding hydrogens is 468 g/mol. The van der Waals surface area contributed by atoms with Crippen LogP contribution in [0.15, 0.2) is 60.8 Å². The Morgan fingerprint density at radius 1 is 0.625 bits per heavy atom. The summed E-state index contributed by atoms with van der Waals surface area (Å²) in [5.74, 6) is -5.37. The van der Waals surface area contributed by atoms with Crippen molar-refractivity contribution in [2.75, 3.05) is 5.73 Å². The van der Waals surface area contributed by atoms with E-state index in [1.165, 1.54) is 12.1 Å². The minimum Gasteiger partial charge on any atom is -0.543 e. The number of hydrogen-bond donors (Lipinski definition) is 1. The van der Waals surface area contributed by atoms with Gasteiger partial charge in [-0.1, -0.05) is 18.2 Å². The van der Waals surface area contributed by atoms with E-state index in [4.69, 9.17) is 5.73 Å². The number of hydrogen-bond acceptors (Lipinski definition) is 11. The molecule has 0 saturated heterocycles. The maximum atomic E-state index is 10.2. The van der Waals surface area contributed by atoms with E-state index in [1.54, 1.807) is 12.3 Å². The van der Waals surface area contributed by atoms with Crippen LogP contribution >= 0.6 is 0 Å². The van der Waals surface area contributed by atoms with Crippen molar-refractivity contribution in [2.24, 2.45) is 0 Å². The zero-order valence-electron chi connectivity index (χ0n) is 15.9. The van der Waals surface area contributed by atoms with Crippen molar-refractivity contribution >= 4 is 29.7 Å². The van der Waals surface area contributed by atoms with Crippen molar-refractivity contribution in [3.8, 4) is 0 Å². The van der Waals surface area contributed by atoms with Gasteiger partial charge in [-0.15, -0.1) is 0 Å². The third-order valence-electron chi connectivity index (χ3n) is 3.07. The number of aromatic nitrogens is 3. The Kier molecular flexibility index (Phi) is 11.9. The number of H-pyrrole nitrogens is 1. The number of aromatic carboxylic acids is 4. The molecular formula is C19H13FeN4O8. The zero-order valence-corrected chi connectivity index (χ0v) is 17.0. The van der Waals surface area contributed by atoms with Gasteiger partial charge in [0.05, 0.1) is 52.8 Å². The van der Waals surface area contributed by atoms with E-state index in [9.17, 15) is 39.6 Å². The number of anilines is 1. The molecule has 0 atom stereocenters. The molecule has 0 spiro atoms. The molecule has 3 aromatic rings. The molecule has 32 heavy (non-hydrogen) atoms. The summed E-state index contributed by atoms with van der Waals surface area (Å²) < 4.78 is 0. The molecule has 0 aliphatic rings. The maximum Gasteiger partial charge on any atom is 3.00 e. The van der Waals surface area contributed by atoms with Crippen LogP contribution in [0.5, 0.6) is 0 Å². The van der Waals surface area contributed by atoms with Crippen LogP contribution in [0.25, 0.3) is 0 Å². The van der Waals surface area contributed by atoms with Crippen LogP contribution < -0.4 is 31.1 Å². The monoisotopic (exact) mass is 481 g/mol. The van der Waals surface area contributed by atoms with Crippen LogP contribution in [-0.2, 0) is 17.1 Å². The number of nitrogens with zero attached hydrogens (tertiary/aromatic N) is 2. The first kappa shape index (κ1) is 27.6. The van der Waals surface area contributed by atoms with Gasteiger partial charge in [-0.25, -0.2) is 15.0 Å². The summed E-state index contributed by atoms with van der Waals surface area (Å²) in [6, 6.07) is 12.6. The summed E-state index contributed by atoms with van der Waals surface area (Å²) in [6.07, 6.45) is 1.79. The topological polar surface area (TPSA) is 226 Å². The summed E-state index contributed by atoms with van der Waals surface area (Å²) in [6.45, 7) is 0. The van der Waals surface area contributed by atoms with Crippen LogP contribution in [0.4, 0.5) is 5.82 Å². The number of nitrogen functional groups attached to an aromatic ring is 1. The van der Waals surface area contributed by atoms with Crippen molar-refractivity contribution < 1.29 is 61.7 Å². The molecule has 0 aliphatic heterocycles. The van der Waals surface area contributed by atoms with Gasteiger partial charge in [0.2, 0.25) is 0 Å². The first-order valence-corrected chi connectivity index (χ1v) is 8.13. The molecule has 0 saturated carbocycles. The summed E-state index contributed by atoms with van der Waals surface area (Å²) in [5.41, 5.74) is 3.62. The first-order valence-electron chi connectivity index (χ1n) is 8.13. The van der Waals surface area contributed by atoms with Gasteiger partial charge in [-0.05, 0) is 30.3 Å². The van der Waals surface area contributed by atoms with Crippen molar-refractivity contribution in [2.45, 2.75) is 0 Å². The Bertz CT molecular complexity index is 954. The number of carboxylic acids is 4. The number of carbonyl (C=O) groups excluding carboxylic acids is 4. The summed E-state index contributed by atoms with van der Waals surface area (Å²) in [7, 11) is 0. The van der Waals surface area contributed by atoms with E-state index < -0.39 is 46.7 Å². The molecule has 0 fully saturated rings. The van der Waals surface area contributed by atoms with Gasteiger partial charge in [0.15, 0.2) is 0 Å². The number of rotatable bonds is 4. The Hall–Kier alpha value is -4.35. The molecule has 165 valence electrons. The number of aromatic amines is 1. The van der Waals surface area contributed by atoms with Gasteiger partial charge >= 0.3 is 17.1 Å². The van der Waals surface area contributed by atoms with E-state index in [0.717, 1.165) is 24.3 Å². The van der Waals surface area contributed by atoms with Gasteiger partial charge in [0.25, 0.3) is 5.82 Å². The standard InChI is InChI=1S/2C7H5NO4.C5H6N2.Fe/c2*9-6(10)4-2-1-3-5(8-4)7(11)12;6-5-3-1-2-4-7-5;/h2*1-3H,(H,9,10)(H,11,12);1-4H,(H2,6,7);/q;;;+3/p-3. The average Bonchev–Trinajstić information content (AvgIpc) is 2.75. The van der Waals surface area contributed by atoms with Gasteiger partial charge < -0.3 is 39.6 Å². The second-order valence-electron chi connectivity index (χ2n) is 5.28. The zero-order chi connectivity index (χ0) is 23.4. The number of nitrogens with two attached hydrogens (primary N) is 1. The van der Waals surface area contributed by atoms with Crippen molar-refractivity contribution in [3.63, 3.8) is 0 Å². The van der Waals surface area contributed by atoms with Gasteiger partial charge in [-0.2, -0.15) is 0 Å². The molecule has 0 bridgehead atoms. The summed E-state index contributed by atoms with van der Waals surface area (Å²) >= 11 is 0.